The van der Waals surface area contributed by atoms with E-state index in [0.717, 1.165) is 6.92 Å². The van der Waals surface area contributed by atoms with Gasteiger partial charge < -0.3 is 9.47 Å². The molecule has 1 N–H and O–H groups in total. The highest BCUT2D eigenvalue weighted by molar-refractivity contribution is 7.86. The summed E-state index contributed by atoms with van der Waals surface area (Å²) in [5.74, 6) is -7.87. The second-order valence-electron chi connectivity index (χ2n) is 6.08. The summed E-state index contributed by atoms with van der Waals surface area (Å²) in [6, 6.07) is 6.90. The first kappa shape index (κ1) is 25.7. The second-order valence-corrected chi connectivity index (χ2v) is 7.63. The SMILES string of the molecule is C=C(C)C(=O)OC(OCCC(F)(F)S(=O)(=O)O)(C(=O)Cc1ccccc1)C(F)(F)F. The maximum absolute atomic E-state index is 13.8. The molecule has 1 unspecified atom stereocenters. The average molecular weight is 460 g/mol. The molecule has 0 saturated heterocycles. The molecule has 1 rings (SSSR count). The van der Waals surface area contributed by atoms with E-state index in [4.69, 9.17) is 4.55 Å². The van der Waals surface area contributed by atoms with E-state index in [1.54, 1.807) is 0 Å². The van der Waals surface area contributed by atoms with Gasteiger partial charge in [0, 0.05) is 12.0 Å². The number of Topliss-reactive ketones (excluding diaryl/α,β-unsaturated/α-hetero) is 1. The Hall–Kier alpha value is -2.38. The van der Waals surface area contributed by atoms with Crippen LogP contribution in [0, 0.1) is 0 Å². The van der Waals surface area contributed by atoms with Gasteiger partial charge in [-0.05, 0) is 12.5 Å². The van der Waals surface area contributed by atoms with E-state index in [1.165, 1.54) is 30.3 Å². The molecule has 0 spiro atoms. The van der Waals surface area contributed by atoms with Crippen molar-refractivity contribution in [3.63, 3.8) is 0 Å². The van der Waals surface area contributed by atoms with Crippen LogP contribution in [0.4, 0.5) is 22.0 Å². The molecule has 30 heavy (non-hydrogen) atoms. The molecule has 168 valence electrons. The zero-order valence-electron chi connectivity index (χ0n) is 15.4. The summed E-state index contributed by atoms with van der Waals surface area (Å²) < 4.78 is 106. The van der Waals surface area contributed by atoms with E-state index in [0.29, 0.717) is 0 Å². The Bertz CT molecular complexity index is 897. The zero-order valence-corrected chi connectivity index (χ0v) is 16.2. The lowest BCUT2D eigenvalue weighted by Crippen LogP contribution is -2.58. The van der Waals surface area contributed by atoms with Crippen LogP contribution in [0.1, 0.15) is 18.9 Å². The molecule has 0 aliphatic rings. The number of esters is 1. The smallest absolute Gasteiger partial charge is 0.413 e. The van der Waals surface area contributed by atoms with Gasteiger partial charge in [0.05, 0.1) is 13.0 Å². The van der Waals surface area contributed by atoms with Gasteiger partial charge in [0.15, 0.2) is 0 Å². The number of hydrogen-bond donors (Lipinski definition) is 1. The van der Waals surface area contributed by atoms with E-state index in [1.807, 2.05) is 0 Å². The molecule has 0 fully saturated rings. The Morgan fingerprint density at radius 1 is 1.10 bits per heavy atom. The number of alkyl halides is 5. The van der Waals surface area contributed by atoms with Crippen molar-refractivity contribution in [1.82, 2.24) is 0 Å². The fourth-order valence-corrected chi connectivity index (χ4v) is 2.36. The Morgan fingerprint density at radius 3 is 2.07 bits per heavy atom. The quantitative estimate of drug-likeness (QED) is 0.188. The van der Waals surface area contributed by atoms with Gasteiger partial charge in [-0.25, -0.2) is 4.79 Å². The molecule has 0 aliphatic heterocycles. The molecular formula is C17H17F5O7S. The molecule has 0 radical (unpaired) electrons. The average Bonchev–Trinajstić information content (AvgIpc) is 2.59. The largest absolute Gasteiger partial charge is 0.464 e. The van der Waals surface area contributed by atoms with Crippen LogP contribution in [-0.4, -0.2) is 48.5 Å². The van der Waals surface area contributed by atoms with E-state index in [9.17, 15) is 40.0 Å². The summed E-state index contributed by atoms with van der Waals surface area (Å²) >= 11 is 0. The minimum absolute atomic E-state index is 0.0642. The molecule has 0 aromatic heterocycles. The molecule has 7 nitrogen and oxygen atoms in total. The molecule has 1 aromatic rings. The lowest BCUT2D eigenvalue weighted by Gasteiger charge is -2.33. The molecule has 0 aliphatic carbocycles. The molecule has 13 heteroatoms. The van der Waals surface area contributed by atoms with E-state index in [2.05, 4.69) is 16.1 Å². The van der Waals surface area contributed by atoms with Crippen molar-refractivity contribution < 1.29 is 54.0 Å². The first-order valence-corrected chi connectivity index (χ1v) is 9.49. The van der Waals surface area contributed by atoms with Gasteiger partial charge >= 0.3 is 33.3 Å². The van der Waals surface area contributed by atoms with Gasteiger partial charge in [0.2, 0.25) is 5.78 Å². The van der Waals surface area contributed by atoms with Gasteiger partial charge in [0.25, 0.3) is 0 Å². The van der Waals surface area contributed by atoms with Crippen molar-refractivity contribution >= 4 is 21.9 Å². The third-order valence-corrected chi connectivity index (χ3v) is 4.57. The standard InChI is InChI=1S/C17H17F5O7S/c1-11(2)14(24)29-16(17(20,21)22,13(23)10-12-6-4-3-5-7-12)28-9-8-15(18,19)30(25,26)27/h3-7H,1,8-10H2,2H3,(H,25,26,27). The molecule has 0 amide bonds. The molecular weight excluding hydrogens is 443 g/mol. The minimum Gasteiger partial charge on any atom is -0.413 e. The van der Waals surface area contributed by atoms with Crippen LogP contribution in [0.15, 0.2) is 42.5 Å². The third kappa shape index (κ3) is 6.06. The predicted octanol–water partition coefficient (Wildman–Crippen LogP) is 3.06. The van der Waals surface area contributed by atoms with Crippen LogP contribution in [0.3, 0.4) is 0 Å². The second kappa shape index (κ2) is 9.18. The first-order valence-electron chi connectivity index (χ1n) is 8.05. The van der Waals surface area contributed by atoms with Crippen LogP contribution < -0.4 is 0 Å². The maximum Gasteiger partial charge on any atom is 0.464 e. The fraction of sp³-hybridized carbons (Fsp3) is 0.412. The Kier molecular flexibility index (Phi) is 7.85. The lowest BCUT2D eigenvalue weighted by molar-refractivity contribution is -0.347. The first-order chi connectivity index (χ1) is 13.5. The molecule has 0 saturated carbocycles. The highest BCUT2D eigenvalue weighted by atomic mass is 32.2. The summed E-state index contributed by atoms with van der Waals surface area (Å²) in [6.45, 7) is 2.33. The third-order valence-electron chi connectivity index (χ3n) is 3.61. The van der Waals surface area contributed by atoms with E-state index >= 15 is 0 Å². The Balaban J connectivity index is 3.31. The number of benzene rings is 1. The normalized spacial score (nSPS) is 14.6. The lowest BCUT2D eigenvalue weighted by atomic mass is 10.0. The van der Waals surface area contributed by atoms with Gasteiger partial charge in [-0.15, -0.1) is 0 Å². The van der Waals surface area contributed by atoms with Crippen molar-refractivity contribution in [2.75, 3.05) is 6.61 Å². The topological polar surface area (TPSA) is 107 Å². The number of hydrogen-bond acceptors (Lipinski definition) is 6. The number of halogens is 5. The number of ether oxygens (including phenoxy) is 2. The van der Waals surface area contributed by atoms with Gasteiger partial charge in [-0.3, -0.25) is 9.35 Å². The van der Waals surface area contributed by atoms with Crippen LogP contribution in [-0.2, 0) is 35.6 Å². The maximum atomic E-state index is 13.8. The molecule has 0 heterocycles. The number of carbonyl (C=O) groups excluding carboxylic acids is 2. The number of carbonyl (C=O) groups is 2. The highest BCUT2D eigenvalue weighted by Crippen LogP contribution is 2.38. The van der Waals surface area contributed by atoms with Gasteiger partial charge in [-0.2, -0.15) is 30.4 Å². The van der Waals surface area contributed by atoms with Crippen molar-refractivity contribution in [1.29, 1.82) is 0 Å². The highest BCUT2D eigenvalue weighted by Gasteiger charge is 2.65. The number of rotatable bonds is 10. The van der Waals surface area contributed by atoms with E-state index < -0.39 is 64.1 Å². The van der Waals surface area contributed by atoms with Crippen LogP contribution >= 0.6 is 0 Å². The van der Waals surface area contributed by atoms with Crippen molar-refractivity contribution in [2.45, 2.75) is 37.0 Å². The van der Waals surface area contributed by atoms with Crippen molar-refractivity contribution in [2.24, 2.45) is 0 Å². The summed E-state index contributed by atoms with van der Waals surface area (Å²) in [7, 11) is -5.96. The summed E-state index contributed by atoms with van der Waals surface area (Å²) in [5.41, 5.74) is -0.489. The zero-order chi connectivity index (χ0) is 23.4. The van der Waals surface area contributed by atoms with Gasteiger partial charge in [-0.1, -0.05) is 36.9 Å². The summed E-state index contributed by atoms with van der Waals surface area (Å²) in [5, 5.41) is -4.87. The van der Waals surface area contributed by atoms with Gasteiger partial charge in [0.1, 0.15) is 0 Å². The number of ketones is 1. The summed E-state index contributed by atoms with van der Waals surface area (Å²) in [6.07, 6.45) is -8.64. The Morgan fingerprint density at radius 2 is 1.63 bits per heavy atom. The van der Waals surface area contributed by atoms with Crippen LogP contribution in [0.2, 0.25) is 0 Å². The van der Waals surface area contributed by atoms with E-state index in [-0.39, 0.29) is 5.56 Å². The van der Waals surface area contributed by atoms with Crippen LogP contribution in [0.25, 0.3) is 0 Å². The monoisotopic (exact) mass is 460 g/mol. The van der Waals surface area contributed by atoms with Crippen molar-refractivity contribution in [3.8, 4) is 0 Å². The van der Waals surface area contributed by atoms with Crippen LogP contribution in [0.5, 0.6) is 0 Å². The van der Waals surface area contributed by atoms with Crippen molar-refractivity contribution in [3.05, 3.63) is 48.0 Å². The fourth-order valence-electron chi connectivity index (χ4n) is 2.02. The molecule has 0 bridgehead atoms. The summed E-state index contributed by atoms with van der Waals surface area (Å²) in [4.78, 5) is 24.2. The predicted molar refractivity (Wildman–Crippen MR) is 91.9 cm³/mol. The minimum atomic E-state index is -5.96. The Labute approximate surface area is 168 Å². The molecule has 1 atom stereocenters. The molecule has 1 aromatic carbocycles.